The van der Waals surface area contributed by atoms with Crippen LogP contribution in [0, 0.1) is 5.82 Å². The molecule has 0 bridgehead atoms. The third kappa shape index (κ3) is 3.32. The Balaban J connectivity index is 2.07. The van der Waals surface area contributed by atoms with Crippen molar-refractivity contribution in [3.05, 3.63) is 60.4 Å². The molecule has 3 rings (SSSR count). The van der Waals surface area contributed by atoms with E-state index in [2.05, 4.69) is 20.5 Å². The Bertz CT molecular complexity index is 792. The van der Waals surface area contributed by atoms with Crippen molar-refractivity contribution in [1.82, 2.24) is 15.2 Å². The summed E-state index contributed by atoms with van der Waals surface area (Å²) in [5.74, 6) is 0.392. The van der Waals surface area contributed by atoms with Crippen LogP contribution in [0.2, 0.25) is 0 Å². The van der Waals surface area contributed by atoms with Gasteiger partial charge in [0.1, 0.15) is 11.5 Å². The Morgan fingerprint density at radius 2 is 1.70 bits per heavy atom. The summed E-state index contributed by atoms with van der Waals surface area (Å²) in [5.41, 5.74) is 7.36. The molecule has 0 radical (unpaired) electrons. The van der Waals surface area contributed by atoms with Crippen LogP contribution in [0.4, 0.5) is 10.2 Å². The second kappa shape index (κ2) is 6.93. The van der Waals surface area contributed by atoms with Crippen molar-refractivity contribution < 1.29 is 4.39 Å². The second-order valence-corrected chi connectivity index (χ2v) is 4.89. The van der Waals surface area contributed by atoms with Gasteiger partial charge in [0.05, 0.1) is 5.56 Å². The molecule has 5 nitrogen and oxygen atoms in total. The molecule has 116 valence electrons. The third-order valence-corrected chi connectivity index (χ3v) is 3.29. The first-order valence-electron chi connectivity index (χ1n) is 7.28. The molecule has 3 aromatic rings. The summed E-state index contributed by atoms with van der Waals surface area (Å²) < 4.78 is 13.9. The summed E-state index contributed by atoms with van der Waals surface area (Å²) in [6.45, 7) is 0.989. The van der Waals surface area contributed by atoms with Gasteiger partial charge < -0.3 is 11.1 Å². The van der Waals surface area contributed by atoms with Crippen LogP contribution in [0.5, 0.6) is 0 Å². The number of benzene rings is 2. The van der Waals surface area contributed by atoms with Gasteiger partial charge in [0, 0.05) is 18.7 Å². The van der Waals surface area contributed by atoms with Crippen molar-refractivity contribution in [1.29, 1.82) is 0 Å². The van der Waals surface area contributed by atoms with E-state index in [1.54, 1.807) is 18.2 Å². The predicted octanol–water partition coefficient (Wildman–Crippen LogP) is 2.72. The summed E-state index contributed by atoms with van der Waals surface area (Å²) in [4.78, 5) is 4.44. The molecule has 0 aliphatic rings. The number of nitrogens with two attached hydrogens (primary N) is 1. The molecule has 0 atom stereocenters. The van der Waals surface area contributed by atoms with Crippen molar-refractivity contribution in [2.75, 3.05) is 18.4 Å². The number of anilines is 1. The lowest BCUT2D eigenvalue weighted by molar-refractivity contribution is 0.629. The van der Waals surface area contributed by atoms with E-state index >= 15 is 0 Å². The largest absolute Gasteiger partial charge is 0.367 e. The molecule has 0 spiro atoms. The van der Waals surface area contributed by atoms with E-state index in [0.29, 0.717) is 30.2 Å². The van der Waals surface area contributed by atoms with Crippen LogP contribution in [0.1, 0.15) is 0 Å². The zero-order valence-electron chi connectivity index (χ0n) is 12.4. The quantitative estimate of drug-likeness (QED) is 0.758. The third-order valence-electron chi connectivity index (χ3n) is 3.29. The number of rotatable bonds is 5. The molecule has 0 fully saturated rings. The van der Waals surface area contributed by atoms with Crippen molar-refractivity contribution in [3.8, 4) is 22.6 Å². The topological polar surface area (TPSA) is 76.7 Å². The fourth-order valence-corrected chi connectivity index (χ4v) is 2.19. The highest BCUT2D eigenvalue weighted by atomic mass is 19.1. The van der Waals surface area contributed by atoms with Crippen LogP contribution in [-0.4, -0.2) is 28.3 Å². The molecule has 0 aliphatic heterocycles. The van der Waals surface area contributed by atoms with Crippen LogP contribution in [0.25, 0.3) is 22.6 Å². The Kier molecular flexibility index (Phi) is 4.54. The van der Waals surface area contributed by atoms with E-state index in [0.717, 1.165) is 5.56 Å². The summed E-state index contributed by atoms with van der Waals surface area (Å²) in [7, 11) is 0. The fourth-order valence-electron chi connectivity index (χ4n) is 2.19. The number of hydrogen-bond donors (Lipinski definition) is 2. The normalized spacial score (nSPS) is 10.5. The Labute approximate surface area is 133 Å². The number of nitrogens with one attached hydrogen (secondary N) is 1. The van der Waals surface area contributed by atoms with Gasteiger partial charge >= 0.3 is 0 Å². The maximum atomic E-state index is 13.9. The summed E-state index contributed by atoms with van der Waals surface area (Å²) in [6.07, 6.45) is 0. The molecular formula is C17H16FN5. The summed E-state index contributed by atoms with van der Waals surface area (Å²) >= 11 is 0. The van der Waals surface area contributed by atoms with E-state index in [1.165, 1.54) is 6.07 Å². The standard InChI is InChI=1S/C17H16FN5/c18-14-9-5-4-8-13(14)16-21-17(20-11-10-19)15(22-23-16)12-6-2-1-3-7-12/h1-9H,10-11,19H2,(H,20,21,23). The molecule has 0 unspecified atom stereocenters. The van der Waals surface area contributed by atoms with Gasteiger partial charge in [0.2, 0.25) is 0 Å². The van der Waals surface area contributed by atoms with Crippen LogP contribution in [0.3, 0.4) is 0 Å². The first-order valence-corrected chi connectivity index (χ1v) is 7.28. The van der Waals surface area contributed by atoms with Crippen molar-refractivity contribution in [3.63, 3.8) is 0 Å². The van der Waals surface area contributed by atoms with Crippen LogP contribution >= 0.6 is 0 Å². The van der Waals surface area contributed by atoms with Gasteiger partial charge in [0.25, 0.3) is 0 Å². The number of aromatic nitrogens is 3. The molecule has 0 saturated heterocycles. The van der Waals surface area contributed by atoms with Crippen LogP contribution in [-0.2, 0) is 0 Å². The van der Waals surface area contributed by atoms with E-state index in [-0.39, 0.29) is 11.6 Å². The van der Waals surface area contributed by atoms with E-state index in [9.17, 15) is 4.39 Å². The molecule has 2 aromatic carbocycles. The molecular weight excluding hydrogens is 293 g/mol. The Hall–Kier alpha value is -2.86. The Morgan fingerprint density at radius 3 is 2.43 bits per heavy atom. The van der Waals surface area contributed by atoms with Crippen molar-refractivity contribution >= 4 is 5.82 Å². The lowest BCUT2D eigenvalue weighted by atomic mass is 10.1. The SMILES string of the molecule is NCCNc1nc(-c2ccccc2F)nnc1-c1ccccc1. The molecule has 23 heavy (non-hydrogen) atoms. The highest BCUT2D eigenvalue weighted by Gasteiger charge is 2.14. The molecule has 1 heterocycles. The van der Waals surface area contributed by atoms with Gasteiger partial charge in [0.15, 0.2) is 11.6 Å². The maximum Gasteiger partial charge on any atom is 0.186 e. The zero-order chi connectivity index (χ0) is 16.1. The number of halogens is 1. The van der Waals surface area contributed by atoms with Gasteiger partial charge in [-0.3, -0.25) is 0 Å². The van der Waals surface area contributed by atoms with E-state index < -0.39 is 0 Å². The van der Waals surface area contributed by atoms with E-state index in [4.69, 9.17) is 5.73 Å². The van der Waals surface area contributed by atoms with Crippen LogP contribution in [0.15, 0.2) is 54.6 Å². The lowest BCUT2D eigenvalue weighted by Gasteiger charge is -2.11. The fraction of sp³-hybridized carbons (Fsp3) is 0.118. The van der Waals surface area contributed by atoms with Gasteiger partial charge in [-0.1, -0.05) is 42.5 Å². The Morgan fingerprint density at radius 1 is 0.957 bits per heavy atom. The van der Waals surface area contributed by atoms with E-state index in [1.807, 2.05) is 30.3 Å². The number of hydrogen-bond acceptors (Lipinski definition) is 5. The highest BCUT2D eigenvalue weighted by Crippen LogP contribution is 2.26. The predicted molar refractivity (Wildman–Crippen MR) is 88.2 cm³/mol. The van der Waals surface area contributed by atoms with Gasteiger partial charge in [-0.05, 0) is 12.1 Å². The van der Waals surface area contributed by atoms with Gasteiger partial charge in [-0.2, -0.15) is 0 Å². The van der Waals surface area contributed by atoms with Crippen molar-refractivity contribution in [2.45, 2.75) is 0 Å². The molecule has 1 aromatic heterocycles. The monoisotopic (exact) mass is 309 g/mol. The summed E-state index contributed by atoms with van der Waals surface area (Å²) in [5, 5.41) is 11.4. The minimum Gasteiger partial charge on any atom is -0.367 e. The van der Waals surface area contributed by atoms with Crippen LogP contribution < -0.4 is 11.1 Å². The summed E-state index contributed by atoms with van der Waals surface area (Å²) in [6, 6.07) is 15.9. The average Bonchev–Trinajstić information content (AvgIpc) is 2.61. The molecule has 0 saturated carbocycles. The maximum absolute atomic E-state index is 13.9. The zero-order valence-corrected chi connectivity index (χ0v) is 12.4. The molecule has 3 N–H and O–H groups in total. The van der Waals surface area contributed by atoms with Gasteiger partial charge in [-0.15, -0.1) is 10.2 Å². The van der Waals surface area contributed by atoms with Crippen molar-refractivity contribution in [2.24, 2.45) is 5.73 Å². The highest BCUT2D eigenvalue weighted by molar-refractivity contribution is 5.72. The first kappa shape index (κ1) is 15.1. The number of nitrogens with zero attached hydrogens (tertiary/aromatic N) is 3. The minimum atomic E-state index is -0.383. The van der Waals surface area contributed by atoms with Gasteiger partial charge in [-0.25, -0.2) is 9.37 Å². The molecule has 0 amide bonds. The second-order valence-electron chi connectivity index (χ2n) is 4.89. The lowest BCUT2D eigenvalue weighted by Crippen LogP contribution is -2.15. The minimum absolute atomic E-state index is 0.238. The average molecular weight is 309 g/mol. The molecule has 6 heteroatoms. The first-order chi connectivity index (χ1) is 11.3. The smallest absolute Gasteiger partial charge is 0.186 e. The molecule has 0 aliphatic carbocycles.